The van der Waals surface area contributed by atoms with E-state index < -0.39 is 0 Å². The lowest BCUT2D eigenvalue weighted by Gasteiger charge is -2.32. The summed E-state index contributed by atoms with van der Waals surface area (Å²) in [6, 6.07) is 4.14. The van der Waals surface area contributed by atoms with E-state index in [4.69, 9.17) is 9.97 Å². The van der Waals surface area contributed by atoms with Gasteiger partial charge in [-0.2, -0.15) is 4.98 Å². The molecule has 1 saturated heterocycles. The molecule has 3 fully saturated rings. The second kappa shape index (κ2) is 11.9. The molecule has 1 amide bonds. The first kappa shape index (κ1) is 27.2. The van der Waals surface area contributed by atoms with E-state index in [1.54, 1.807) is 0 Å². The Morgan fingerprint density at radius 3 is 2.35 bits per heavy atom. The van der Waals surface area contributed by atoms with Crippen molar-refractivity contribution in [2.75, 3.05) is 25.0 Å². The number of rotatable bonds is 6. The van der Waals surface area contributed by atoms with Gasteiger partial charge < -0.3 is 19.9 Å². The summed E-state index contributed by atoms with van der Waals surface area (Å²) in [5, 5.41) is 14.8. The van der Waals surface area contributed by atoms with Crippen LogP contribution in [-0.2, 0) is 0 Å². The average Bonchev–Trinajstić information content (AvgIpc) is 3.35. The van der Waals surface area contributed by atoms with Crippen LogP contribution in [0.3, 0.4) is 0 Å². The molecule has 4 heterocycles. The van der Waals surface area contributed by atoms with Crippen molar-refractivity contribution in [3.63, 3.8) is 0 Å². The molecule has 0 bridgehead atoms. The highest BCUT2D eigenvalue weighted by Crippen LogP contribution is 2.38. The van der Waals surface area contributed by atoms with Crippen molar-refractivity contribution in [3.05, 3.63) is 47.0 Å². The highest BCUT2D eigenvalue weighted by atomic mass is 16.3. The molecule has 3 aromatic heterocycles. The number of nitrogens with zero attached hydrogens (tertiary/aromatic N) is 5. The summed E-state index contributed by atoms with van der Waals surface area (Å²) in [6.07, 6.45) is 16.2. The number of anilines is 1. The predicted octanol–water partition coefficient (Wildman–Crippen LogP) is 5.93. The van der Waals surface area contributed by atoms with Crippen molar-refractivity contribution in [1.29, 1.82) is 0 Å². The third-order valence-corrected chi connectivity index (χ3v) is 9.49. The molecule has 2 aliphatic carbocycles. The number of piperidine rings is 1. The number of amides is 1. The number of carbonyl (C=O) groups is 1. The Hall–Kier alpha value is -3.00. The van der Waals surface area contributed by atoms with E-state index in [0.29, 0.717) is 17.9 Å². The Balaban J connectivity index is 1.21. The van der Waals surface area contributed by atoms with E-state index >= 15 is 0 Å². The van der Waals surface area contributed by atoms with E-state index in [-0.39, 0.29) is 12.0 Å². The fraction of sp³-hybridized carbons (Fsp3) is 0.625. The monoisotopic (exact) mass is 544 g/mol. The van der Waals surface area contributed by atoms with Gasteiger partial charge in [-0.25, -0.2) is 4.98 Å². The van der Waals surface area contributed by atoms with Gasteiger partial charge >= 0.3 is 0 Å². The fourth-order valence-corrected chi connectivity index (χ4v) is 7.24. The smallest absolute Gasteiger partial charge is 0.253 e. The number of carbonyl (C=O) groups excluding carboxylic acids is 1. The third kappa shape index (κ3) is 5.87. The maximum Gasteiger partial charge on any atom is 0.253 e. The molecule has 2 N–H and O–H groups in total. The van der Waals surface area contributed by atoms with Gasteiger partial charge in [-0.05, 0) is 94.7 Å². The van der Waals surface area contributed by atoms with Crippen LogP contribution in [0.2, 0.25) is 0 Å². The van der Waals surface area contributed by atoms with Gasteiger partial charge in [-0.3, -0.25) is 9.78 Å². The van der Waals surface area contributed by atoms with Gasteiger partial charge in [0, 0.05) is 60.4 Å². The maximum atomic E-state index is 13.3. The van der Waals surface area contributed by atoms with Crippen LogP contribution < -0.4 is 5.32 Å². The zero-order valence-electron chi connectivity index (χ0n) is 24.1. The quantitative estimate of drug-likeness (QED) is 0.399. The summed E-state index contributed by atoms with van der Waals surface area (Å²) < 4.78 is 2.38. The SMILES string of the molecule is Cc1cc(C(=O)N2CCC(c3cn(C4CCC(O)CC4)c4nc(NCC5CCCCC5)ncc34)CC2)cc(C)n1. The van der Waals surface area contributed by atoms with Gasteiger partial charge in [0.1, 0.15) is 5.65 Å². The molecule has 2 saturated carbocycles. The molecule has 3 aromatic rings. The molecule has 8 heteroatoms. The standard InChI is InChI=1S/C32H44N6O2/c1-21-16-25(17-22(2)35-21)31(40)37-14-12-24(13-15-37)29-20-38(26-8-10-27(39)11-9-26)30-28(29)19-34-32(36-30)33-18-23-6-4-3-5-7-23/h16-17,19-20,23-24,26-27,39H,3-15,18H2,1-2H3,(H,33,34,36). The van der Waals surface area contributed by atoms with Crippen LogP contribution in [0.5, 0.6) is 0 Å². The molecule has 0 spiro atoms. The second-order valence-corrected chi connectivity index (χ2v) is 12.5. The molecule has 0 atom stereocenters. The summed E-state index contributed by atoms with van der Waals surface area (Å²) in [6.45, 7) is 6.31. The summed E-state index contributed by atoms with van der Waals surface area (Å²) >= 11 is 0. The number of pyridine rings is 1. The zero-order chi connectivity index (χ0) is 27.6. The molecule has 3 aliphatic rings. The van der Waals surface area contributed by atoms with E-state index in [1.165, 1.54) is 37.7 Å². The molecule has 0 unspecified atom stereocenters. The van der Waals surface area contributed by atoms with Crippen molar-refractivity contribution in [3.8, 4) is 0 Å². The number of likely N-dealkylation sites (tertiary alicyclic amines) is 1. The minimum atomic E-state index is -0.185. The molecule has 214 valence electrons. The molecular weight excluding hydrogens is 500 g/mol. The van der Waals surface area contributed by atoms with Crippen LogP contribution in [0.4, 0.5) is 5.95 Å². The Labute approximate surface area is 237 Å². The Morgan fingerprint density at radius 1 is 0.950 bits per heavy atom. The summed E-state index contributed by atoms with van der Waals surface area (Å²) in [5.74, 6) is 1.91. The minimum Gasteiger partial charge on any atom is -0.393 e. The van der Waals surface area contributed by atoms with Crippen molar-refractivity contribution < 1.29 is 9.90 Å². The summed E-state index contributed by atoms with van der Waals surface area (Å²) in [5.41, 5.74) is 4.82. The average molecular weight is 545 g/mol. The van der Waals surface area contributed by atoms with E-state index in [0.717, 1.165) is 92.1 Å². The number of hydrogen-bond donors (Lipinski definition) is 2. The van der Waals surface area contributed by atoms with Crippen LogP contribution in [-0.4, -0.2) is 61.2 Å². The van der Waals surface area contributed by atoms with Crippen molar-refractivity contribution in [2.45, 2.75) is 103 Å². The number of aliphatic hydroxyl groups excluding tert-OH is 1. The van der Waals surface area contributed by atoms with Crippen LogP contribution in [0.15, 0.2) is 24.5 Å². The number of fused-ring (bicyclic) bond motifs is 1. The minimum absolute atomic E-state index is 0.104. The van der Waals surface area contributed by atoms with Gasteiger partial charge in [-0.1, -0.05) is 19.3 Å². The number of nitrogens with one attached hydrogen (secondary N) is 1. The number of hydrogen-bond acceptors (Lipinski definition) is 6. The second-order valence-electron chi connectivity index (χ2n) is 12.5. The molecule has 0 radical (unpaired) electrons. The molecule has 40 heavy (non-hydrogen) atoms. The first-order valence-corrected chi connectivity index (χ1v) is 15.5. The number of aromatic nitrogens is 4. The predicted molar refractivity (Wildman–Crippen MR) is 158 cm³/mol. The van der Waals surface area contributed by atoms with Gasteiger partial charge in [0.15, 0.2) is 0 Å². The van der Waals surface area contributed by atoms with Crippen molar-refractivity contribution in [2.24, 2.45) is 5.92 Å². The number of aryl methyl sites for hydroxylation is 2. The lowest BCUT2D eigenvalue weighted by Crippen LogP contribution is -2.38. The van der Waals surface area contributed by atoms with Crippen molar-refractivity contribution in [1.82, 2.24) is 24.4 Å². The van der Waals surface area contributed by atoms with Crippen LogP contribution in [0.1, 0.15) is 110 Å². The summed E-state index contributed by atoms with van der Waals surface area (Å²) in [4.78, 5) is 29.5. The molecule has 6 rings (SSSR count). The highest BCUT2D eigenvalue weighted by Gasteiger charge is 2.30. The Bertz CT molecular complexity index is 1310. The van der Waals surface area contributed by atoms with Gasteiger partial charge in [0.05, 0.1) is 6.10 Å². The van der Waals surface area contributed by atoms with E-state index in [1.807, 2.05) is 37.1 Å². The summed E-state index contributed by atoms with van der Waals surface area (Å²) in [7, 11) is 0. The molecule has 1 aliphatic heterocycles. The van der Waals surface area contributed by atoms with Crippen LogP contribution >= 0.6 is 0 Å². The topological polar surface area (TPSA) is 96.2 Å². The van der Waals surface area contributed by atoms with Gasteiger partial charge in [0.2, 0.25) is 5.95 Å². The van der Waals surface area contributed by atoms with Crippen LogP contribution in [0, 0.1) is 19.8 Å². The van der Waals surface area contributed by atoms with Gasteiger partial charge in [-0.15, -0.1) is 0 Å². The number of aliphatic hydroxyl groups is 1. The molecule has 8 nitrogen and oxygen atoms in total. The maximum absolute atomic E-state index is 13.3. The fourth-order valence-electron chi connectivity index (χ4n) is 7.24. The van der Waals surface area contributed by atoms with E-state index in [2.05, 4.69) is 21.1 Å². The molecule has 0 aromatic carbocycles. The molecular formula is C32H44N6O2. The lowest BCUT2D eigenvalue weighted by molar-refractivity contribution is 0.0712. The highest BCUT2D eigenvalue weighted by molar-refractivity contribution is 5.94. The van der Waals surface area contributed by atoms with Gasteiger partial charge in [0.25, 0.3) is 5.91 Å². The largest absolute Gasteiger partial charge is 0.393 e. The first-order valence-electron chi connectivity index (χ1n) is 15.5. The van der Waals surface area contributed by atoms with Crippen molar-refractivity contribution >= 4 is 22.9 Å². The lowest BCUT2D eigenvalue weighted by atomic mass is 9.89. The Morgan fingerprint density at radius 2 is 1.65 bits per heavy atom. The zero-order valence-corrected chi connectivity index (χ0v) is 24.1. The van der Waals surface area contributed by atoms with E-state index in [9.17, 15) is 9.90 Å². The Kier molecular flexibility index (Phi) is 8.05. The van der Waals surface area contributed by atoms with Crippen LogP contribution in [0.25, 0.3) is 11.0 Å². The normalized spacial score (nSPS) is 23.0. The third-order valence-electron chi connectivity index (χ3n) is 9.49. The first-order chi connectivity index (χ1) is 19.4.